The molecule has 0 unspecified atom stereocenters. The predicted octanol–water partition coefficient (Wildman–Crippen LogP) is 14.3. The van der Waals surface area contributed by atoms with E-state index in [-0.39, 0.29) is 5.41 Å². The van der Waals surface area contributed by atoms with E-state index in [1.165, 1.54) is 87.0 Å². The number of anilines is 3. The predicted molar refractivity (Wildman–Crippen MR) is 230 cm³/mol. The first-order valence-corrected chi connectivity index (χ1v) is 20.1. The average Bonchev–Trinajstić information content (AvgIpc) is 4.04. The van der Waals surface area contributed by atoms with Crippen molar-refractivity contribution < 1.29 is 4.42 Å². The van der Waals surface area contributed by atoms with Crippen molar-refractivity contribution in [3.8, 4) is 22.3 Å². The zero-order valence-electron chi connectivity index (χ0n) is 31.1. The molecule has 3 aliphatic carbocycles. The van der Waals surface area contributed by atoms with Crippen LogP contribution in [0.4, 0.5) is 17.1 Å². The van der Waals surface area contributed by atoms with E-state index in [9.17, 15) is 0 Å². The molecular formula is C54H39NO. The monoisotopic (exact) mass is 717 g/mol. The summed E-state index contributed by atoms with van der Waals surface area (Å²) in [6.07, 6.45) is 4.92. The molecule has 2 heteroatoms. The topological polar surface area (TPSA) is 16.4 Å². The van der Waals surface area contributed by atoms with Crippen molar-refractivity contribution >= 4 is 39.0 Å². The first-order chi connectivity index (χ1) is 27.8. The highest BCUT2D eigenvalue weighted by Crippen LogP contribution is 2.62. The van der Waals surface area contributed by atoms with Crippen molar-refractivity contribution in [2.45, 2.75) is 36.5 Å². The van der Waals surface area contributed by atoms with Gasteiger partial charge in [0.05, 0.1) is 22.2 Å². The fourth-order valence-electron chi connectivity index (χ4n) is 11.2. The third-order valence-corrected chi connectivity index (χ3v) is 13.3. The lowest BCUT2D eigenvalue weighted by Gasteiger charge is -2.34. The second kappa shape index (κ2) is 11.9. The van der Waals surface area contributed by atoms with Gasteiger partial charge in [-0.05, 0) is 99.3 Å². The van der Waals surface area contributed by atoms with Crippen molar-refractivity contribution in [2.24, 2.45) is 0 Å². The number of rotatable bonds is 5. The summed E-state index contributed by atoms with van der Waals surface area (Å²) in [6, 6.07) is 69.6. The molecule has 1 fully saturated rings. The van der Waals surface area contributed by atoms with Crippen LogP contribution in [0.3, 0.4) is 0 Å². The maximum absolute atomic E-state index is 6.97. The van der Waals surface area contributed by atoms with E-state index in [0.717, 1.165) is 33.3 Å². The highest BCUT2D eigenvalue weighted by atomic mass is 16.3. The SMILES string of the molecule is c1ccc(N(c2cccc3c2-c2ccccc2C32CCCC2)c2cccc3oc4cccc(C5(c6ccccc6)c6ccccc6-c6ccccc65)c4c23)cc1. The standard InChI is InChI=1S/C54H39NO/c1-3-18-36(19-4-1)54(42-26-11-7-22-38(42)39-23-8-12-27-43(39)54)45-29-16-32-48-51(45)52-47(31-17-33-49(52)56-48)55(37-20-5-2-6-21-37)46-30-15-28-44-50(46)40-24-9-10-25-41(40)53(44)34-13-14-35-53/h1-12,15-33H,13-14,34-35H2. The minimum absolute atomic E-state index is 0.0666. The van der Waals surface area contributed by atoms with E-state index >= 15 is 0 Å². The minimum atomic E-state index is -0.572. The fraction of sp³-hybridized carbons (Fsp3) is 0.111. The van der Waals surface area contributed by atoms with Crippen molar-refractivity contribution in [2.75, 3.05) is 4.90 Å². The maximum atomic E-state index is 6.97. The molecule has 0 amide bonds. The van der Waals surface area contributed by atoms with Crippen LogP contribution in [0.2, 0.25) is 0 Å². The van der Waals surface area contributed by atoms with E-state index in [4.69, 9.17) is 4.42 Å². The molecule has 0 radical (unpaired) electrons. The van der Waals surface area contributed by atoms with E-state index in [1.54, 1.807) is 0 Å². The molecule has 8 aromatic carbocycles. The highest BCUT2D eigenvalue weighted by Gasteiger charge is 2.48. The quantitative estimate of drug-likeness (QED) is 0.176. The molecule has 1 heterocycles. The van der Waals surface area contributed by atoms with Gasteiger partial charge in [-0.2, -0.15) is 0 Å². The summed E-state index contributed by atoms with van der Waals surface area (Å²) in [7, 11) is 0. The Bertz CT molecular complexity index is 2940. The number of hydrogen-bond acceptors (Lipinski definition) is 2. The van der Waals surface area contributed by atoms with Crippen molar-refractivity contribution in [1.82, 2.24) is 0 Å². The Kier molecular flexibility index (Phi) is 6.75. The molecule has 0 saturated heterocycles. The van der Waals surface area contributed by atoms with Crippen LogP contribution in [0.1, 0.15) is 59.1 Å². The van der Waals surface area contributed by atoms with Gasteiger partial charge in [-0.1, -0.05) is 165 Å². The van der Waals surface area contributed by atoms with Gasteiger partial charge in [-0.15, -0.1) is 0 Å². The number of para-hydroxylation sites is 1. The van der Waals surface area contributed by atoms with Gasteiger partial charge in [0.25, 0.3) is 0 Å². The van der Waals surface area contributed by atoms with Gasteiger partial charge in [0.1, 0.15) is 11.2 Å². The summed E-state index contributed by atoms with van der Waals surface area (Å²) in [5.74, 6) is 0. The average molecular weight is 718 g/mol. The number of hydrogen-bond donors (Lipinski definition) is 0. The van der Waals surface area contributed by atoms with Crippen LogP contribution in [-0.4, -0.2) is 0 Å². The van der Waals surface area contributed by atoms with Gasteiger partial charge in [-0.25, -0.2) is 0 Å². The zero-order chi connectivity index (χ0) is 36.8. The van der Waals surface area contributed by atoms with Crippen molar-refractivity contribution in [3.63, 3.8) is 0 Å². The van der Waals surface area contributed by atoms with Crippen LogP contribution in [0, 0.1) is 0 Å². The second-order valence-electron chi connectivity index (χ2n) is 15.8. The highest BCUT2D eigenvalue weighted by molar-refractivity contribution is 6.16. The van der Waals surface area contributed by atoms with Gasteiger partial charge in [0.15, 0.2) is 0 Å². The number of fused-ring (bicyclic) bond motifs is 11. The van der Waals surface area contributed by atoms with Crippen LogP contribution >= 0.6 is 0 Å². The molecular weight excluding hydrogens is 679 g/mol. The smallest absolute Gasteiger partial charge is 0.137 e. The first-order valence-electron chi connectivity index (χ1n) is 20.1. The molecule has 0 atom stereocenters. The second-order valence-corrected chi connectivity index (χ2v) is 15.8. The fourth-order valence-corrected chi connectivity index (χ4v) is 11.2. The molecule has 9 aromatic rings. The van der Waals surface area contributed by atoms with Crippen LogP contribution in [0.5, 0.6) is 0 Å². The van der Waals surface area contributed by atoms with Gasteiger partial charge in [0, 0.05) is 22.1 Å². The van der Waals surface area contributed by atoms with Crippen molar-refractivity contribution in [1.29, 1.82) is 0 Å². The van der Waals surface area contributed by atoms with E-state index in [1.807, 2.05) is 0 Å². The minimum Gasteiger partial charge on any atom is -0.456 e. The normalized spacial score (nSPS) is 15.5. The molecule has 1 spiro atoms. The summed E-state index contributed by atoms with van der Waals surface area (Å²) in [6.45, 7) is 0. The Morgan fingerprint density at radius 3 is 1.62 bits per heavy atom. The van der Waals surface area contributed by atoms with Crippen molar-refractivity contribution in [3.05, 3.63) is 221 Å². The lowest BCUT2D eigenvalue weighted by Crippen LogP contribution is -2.28. The molecule has 3 aliphatic rings. The molecule has 1 aromatic heterocycles. The third-order valence-electron chi connectivity index (χ3n) is 13.3. The Labute approximate surface area is 327 Å². The lowest BCUT2D eigenvalue weighted by molar-refractivity contribution is 0.550. The lowest BCUT2D eigenvalue weighted by atomic mass is 9.66. The molecule has 0 aliphatic heterocycles. The maximum Gasteiger partial charge on any atom is 0.137 e. The summed E-state index contributed by atoms with van der Waals surface area (Å²) in [5.41, 5.74) is 18.0. The zero-order valence-corrected chi connectivity index (χ0v) is 31.1. The number of benzene rings is 8. The summed E-state index contributed by atoms with van der Waals surface area (Å²) >= 11 is 0. The Balaban J connectivity index is 1.21. The van der Waals surface area contributed by atoms with Crippen LogP contribution in [0.25, 0.3) is 44.2 Å². The molecule has 2 nitrogen and oxygen atoms in total. The molecule has 1 saturated carbocycles. The molecule has 12 rings (SSSR count). The van der Waals surface area contributed by atoms with Gasteiger partial charge >= 0.3 is 0 Å². The van der Waals surface area contributed by atoms with Gasteiger partial charge in [-0.3, -0.25) is 0 Å². The van der Waals surface area contributed by atoms with Crippen LogP contribution in [-0.2, 0) is 10.8 Å². The number of furan rings is 1. The third kappa shape index (κ3) is 4.11. The van der Waals surface area contributed by atoms with Gasteiger partial charge in [0.2, 0.25) is 0 Å². The van der Waals surface area contributed by atoms with E-state index in [0.29, 0.717) is 0 Å². The van der Waals surface area contributed by atoms with Gasteiger partial charge < -0.3 is 9.32 Å². The van der Waals surface area contributed by atoms with E-state index < -0.39 is 5.41 Å². The Hall–Kier alpha value is -6.64. The largest absolute Gasteiger partial charge is 0.456 e. The number of nitrogens with zero attached hydrogens (tertiary/aromatic N) is 1. The van der Waals surface area contributed by atoms with Crippen LogP contribution < -0.4 is 4.90 Å². The summed E-state index contributed by atoms with van der Waals surface area (Å²) in [5, 5.41) is 2.27. The molecule has 56 heavy (non-hydrogen) atoms. The molecule has 0 N–H and O–H groups in total. The Morgan fingerprint density at radius 1 is 0.393 bits per heavy atom. The van der Waals surface area contributed by atoms with E-state index in [2.05, 4.69) is 193 Å². The molecule has 0 bridgehead atoms. The molecule has 266 valence electrons. The summed E-state index contributed by atoms with van der Waals surface area (Å²) < 4.78 is 6.97. The van der Waals surface area contributed by atoms with Crippen LogP contribution in [0.15, 0.2) is 192 Å². The summed E-state index contributed by atoms with van der Waals surface area (Å²) in [4.78, 5) is 2.52. The Morgan fingerprint density at radius 2 is 0.911 bits per heavy atom. The first kappa shape index (κ1) is 31.7.